The fourth-order valence-electron chi connectivity index (χ4n) is 15.2. The van der Waals surface area contributed by atoms with Crippen LogP contribution in [-0.2, 0) is 36.9 Å². The van der Waals surface area contributed by atoms with Gasteiger partial charge in [0.2, 0.25) is 33.6 Å². The molecular formula is C73H93N9O7S. The molecule has 13 rings (SSSR count). The molecule has 6 aliphatic rings. The SMILES string of the molecule is COc1cccc(CCNCC2(c3c(OCC(C)(C)C(=O)N4C5CCC4CC5)n[nH]c3-c3cc(C)cc(C)c3)CC2)c1.Cc1cc(C)cc(-c2[nH]nc(OCC(C)(C)C(=O)N3C4CCC3CC4)c2C2(CNS(=O)(=O)c3cccc4cccc(N(C)C)c34)CC2)c1. The van der Waals surface area contributed by atoms with Crippen LogP contribution in [0.4, 0.5) is 5.69 Å². The van der Waals surface area contributed by atoms with Crippen LogP contribution in [0, 0.1) is 38.5 Å². The maximum Gasteiger partial charge on any atom is 0.241 e. The predicted molar refractivity (Wildman–Crippen MR) is 356 cm³/mol. The van der Waals surface area contributed by atoms with E-state index in [1.807, 2.05) is 83.1 Å². The lowest BCUT2D eigenvalue weighted by Gasteiger charge is -2.32. The van der Waals surface area contributed by atoms with Crippen LogP contribution in [0.5, 0.6) is 17.5 Å². The zero-order valence-electron chi connectivity index (χ0n) is 54.8. The molecule has 478 valence electrons. The summed E-state index contributed by atoms with van der Waals surface area (Å²) in [7, 11) is 1.66. The summed E-state index contributed by atoms with van der Waals surface area (Å²) in [4.78, 5) is 33.9. The molecule has 6 fully saturated rings. The van der Waals surface area contributed by atoms with E-state index >= 15 is 0 Å². The molecular weight excluding hydrogens is 1150 g/mol. The van der Waals surface area contributed by atoms with Gasteiger partial charge in [-0.05, 0) is 205 Å². The molecule has 90 heavy (non-hydrogen) atoms. The summed E-state index contributed by atoms with van der Waals surface area (Å²) in [5.41, 5.74) is 10.9. The minimum Gasteiger partial charge on any atom is -0.497 e. The topological polar surface area (TPSA) is 187 Å². The van der Waals surface area contributed by atoms with Gasteiger partial charge in [-0.25, -0.2) is 13.1 Å². The Morgan fingerprint density at radius 1 is 0.622 bits per heavy atom. The van der Waals surface area contributed by atoms with Crippen molar-refractivity contribution in [2.45, 2.75) is 179 Å². The Morgan fingerprint density at radius 3 is 1.51 bits per heavy atom. The Bertz CT molecular complexity index is 3850. The third-order valence-electron chi connectivity index (χ3n) is 20.3. The van der Waals surface area contributed by atoms with Crippen molar-refractivity contribution in [3.63, 3.8) is 0 Å². The molecule has 4 saturated heterocycles. The van der Waals surface area contributed by atoms with Crippen LogP contribution in [0.3, 0.4) is 0 Å². The molecule has 17 heteroatoms. The number of carbonyl (C=O) groups excluding carboxylic acids is 2. The van der Waals surface area contributed by atoms with Crippen molar-refractivity contribution in [3.8, 4) is 40.0 Å². The molecule has 6 heterocycles. The summed E-state index contributed by atoms with van der Waals surface area (Å²) >= 11 is 0. The van der Waals surface area contributed by atoms with Gasteiger partial charge in [-0.15, -0.1) is 10.2 Å². The highest BCUT2D eigenvalue weighted by Gasteiger charge is 2.53. The second kappa shape index (κ2) is 24.8. The van der Waals surface area contributed by atoms with Crippen molar-refractivity contribution in [2.75, 3.05) is 59.0 Å². The van der Waals surface area contributed by atoms with Crippen LogP contribution in [0.1, 0.15) is 144 Å². The van der Waals surface area contributed by atoms with E-state index < -0.39 is 26.3 Å². The van der Waals surface area contributed by atoms with Crippen LogP contribution in [0.25, 0.3) is 33.3 Å². The van der Waals surface area contributed by atoms with Crippen LogP contribution in [-0.4, -0.2) is 129 Å². The third-order valence-corrected chi connectivity index (χ3v) is 21.8. The number of H-pyrrole nitrogens is 2. The minimum absolute atomic E-state index is 0.0497. The average molecular weight is 1240 g/mol. The molecule has 5 aromatic carbocycles. The van der Waals surface area contributed by atoms with Gasteiger partial charge in [0, 0.05) is 95.5 Å². The third kappa shape index (κ3) is 12.6. The first kappa shape index (κ1) is 63.0. The van der Waals surface area contributed by atoms with Crippen molar-refractivity contribution in [2.24, 2.45) is 10.8 Å². The Balaban J connectivity index is 0.000000176. The zero-order chi connectivity index (χ0) is 63.5. The predicted octanol–water partition coefficient (Wildman–Crippen LogP) is 12.6. The Hall–Kier alpha value is -7.21. The Kier molecular flexibility index (Phi) is 17.3. The molecule has 0 unspecified atom stereocenters. The number of nitrogens with zero attached hydrogens (tertiary/aromatic N) is 5. The molecule has 0 radical (unpaired) electrons. The molecule has 0 spiro atoms. The molecule has 4 N–H and O–H groups in total. The molecule has 0 atom stereocenters. The van der Waals surface area contributed by atoms with Crippen LogP contribution in [0.15, 0.2) is 102 Å². The van der Waals surface area contributed by atoms with Crippen molar-refractivity contribution < 1.29 is 32.2 Å². The number of fused-ring (bicyclic) bond motifs is 5. The van der Waals surface area contributed by atoms with E-state index in [-0.39, 0.29) is 35.3 Å². The summed E-state index contributed by atoms with van der Waals surface area (Å²) in [6.45, 7) is 18.8. The molecule has 7 aromatic rings. The van der Waals surface area contributed by atoms with Crippen LogP contribution < -0.4 is 29.1 Å². The lowest BCUT2D eigenvalue weighted by atomic mass is 9.91. The van der Waals surface area contributed by atoms with Gasteiger partial charge < -0.3 is 34.2 Å². The second-order valence-electron chi connectivity index (χ2n) is 28.7. The van der Waals surface area contributed by atoms with Crippen molar-refractivity contribution in [3.05, 3.63) is 136 Å². The summed E-state index contributed by atoms with van der Waals surface area (Å²) in [5.74, 6) is 2.33. The minimum atomic E-state index is -3.89. The van der Waals surface area contributed by atoms with Gasteiger partial charge in [-0.1, -0.05) is 70.8 Å². The molecule has 2 amide bonds. The maximum absolute atomic E-state index is 14.1. The van der Waals surface area contributed by atoms with Gasteiger partial charge in [-0.3, -0.25) is 19.8 Å². The maximum atomic E-state index is 14.1. The van der Waals surface area contributed by atoms with Gasteiger partial charge in [0.05, 0.1) is 34.2 Å². The number of benzene rings is 5. The number of methoxy groups -OCH3 is 1. The Morgan fingerprint density at radius 2 is 1.07 bits per heavy atom. The highest BCUT2D eigenvalue weighted by molar-refractivity contribution is 7.89. The lowest BCUT2D eigenvalue weighted by molar-refractivity contribution is -0.144. The first-order chi connectivity index (χ1) is 43.0. The van der Waals surface area contributed by atoms with E-state index in [1.54, 1.807) is 19.2 Å². The molecule has 16 nitrogen and oxygen atoms in total. The van der Waals surface area contributed by atoms with E-state index in [4.69, 9.17) is 19.3 Å². The van der Waals surface area contributed by atoms with E-state index in [2.05, 4.69) is 111 Å². The van der Waals surface area contributed by atoms with Crippen LogP contribution >= 0.6 is 0 Å². The molecule has 4 aliphatic heterocycles. The van der Waals surface area contributed by atoms with Gasteiger partial charge >= 0.3 is 0 Å². The first-order valence-electron chi connectivity index (χ1n) is 32.8. The highest BCUT2D eigenvalue weighted by Crippen LogP contribution is 2.56. The number of hydrogen-bond acceptors (Lipinski definition) is 11. The number of aromatic nitrogens is 4. The van der Waals surface area contributed by atoms with E-state index in [9.17, 15) is 18.0 Å². The number of aryl methyl sites for hydroxylation is 4. The number of carbonyl (C=O) groups is 2. The van der Waals surface area contributed by atoms with Gasteiger partial charge in [0.1, 0.15) is 19.0 Å². The summed E-state index contributed by atoms with van der Waals surface area (Å²) in [6.07, 6.45) is 13.6. The van der Waals surface area contributed by atoms with E-state index in [1.165, 1.54) is 16.7 Å². The molecule has 2 aromatic heterocycles. The fourth-order valence-corrected chi connectivity index (χ4v) is 16.6. The number of ether oxygens (including phenoxy) is 3. The number of amides is 2. The van der Waals surface area contributed by atoms with Crippen molar-refractivity contribution in [1.82, 2.24) is 40.2 Å². The fraction of sp³-hybridized carbons (Fsp3) is 0.507. The molecule has 4 bridgehead atoms. The molecule has 2 saturated carbocycles. The number of rotatable bonds is 23. The number of sulfonamides is 1. The van der Waals surface area contributed by atoms with Crippen LogP contribution in [0.2, 0.25) is 0 Å². The van der Waals surface area contributed by atoms with Gasteiger partial charge in [-0.2, -0.15) is 0 Å². The monoisotopic (exact) mass is 1240 g/mol. The normalized spacial score (nSPS) is 20.3. The van der Waals surface area contributed by atoms with Crippen molar-refractivity contribution in [1.29, 1.82) is 0 Å². The standard InChI is InChI=1S/C38H47N5O4S.C35H46N4O3/c1-24-19-25(2)21-27(20-24)34-33(35(41-40-34)47-23-37(3,4)36(44)43-28-13-14-29(43)16-15-28)38(17-18-38)22-39-48(45,46)31-12-8-10-26-9-7-11-30(32(26)31)42(5)6;1-23-17-24(2)19-26(18-23)31-30(35(14-15-35)21-36-16-13-25-7-6-8-29(20-25)41-5)32(38-37-31)42-22-34(3,4)33(40)39-27-9-10-28(39)12-11-27/h7-12,19-21,28-29,39H,13-18,22-23H2,1-6H3,(H,40,41);6-8,17-20,27-28,36H,9-16,21-22H2,1-5H3,(H,37,38). The highest BCUT2D eigenvalue weighted by atomic mass is 32.2. The molecule has 2 aliphatic carbocycles. The number of anilines is 1. The Labute approximate surface area is 532 Å². The largest absolute Gasteiger partial charge is 0.497 e. The summed E-state index contributed by atoms with van der Waals surface area (Å²) in [6, 6.07) is 34.0. The zero-order valence-corrected chi connectivity index (χ0v) is 55.6. The average Bonchev–Trinajstić information content (AvgIpc) is 1.57. The quantitative estimate of drug-likeness (QED) is 0.0447. The summed E-state index contributed by atoms with van der Waals surface area (Å²) in [5, 5.41) is 21.3. The van der Waals surface area contributed by atoms with E-state index in [0.717, 1.165) is 158 Å². The number of nitrogens with one attached hydrogen (secondary N) is 4. The summed E-state index contributed by atoms with van der Waals surface area (Å²) < 4.78 is 49.6. The second-order valence-corrected chi connectivity index (χ2v) is 30.4. The van der Waals surface area contributed by atoms with E-state index in [0.29, 0.717) is 47.9 Å². The van der Waals surface area contributed by atoms with Gasteiger partial charge in [0.25, 0.3) is 0 Å². The first-order valence-corrected chi connectivity index (χ1v) is 34.3. The smallest absolute Gasteiger partial charge is 0.241 e. The lowest BCUT2D eigenvalue weighted by Crippen LogP contribution is -2.46. The number of hydrogen-bond donors (Lipinski definition) is 4. The van der Waals surface area contributed by atoms with Gasteiger partial charge in [0.15, 0.2) is 0 Å². The number of aromatic amines is 2. The van der Waals surface area contributed by atoms with Crippen molar-refractivity contribution >= 4 is 38.3 Å².